The summed E-state index contributed by atoms with van der Waals surface area (Å²) in [6, 6.07) is 2.96. The molecule has 2 atom stereocenters. The molecule has 1 fully saturated rings. The van der Waals surface area contributed by atoms with Gasteiger partial charge < -0.3 is 9.73 Å². The molecule has 1 saturated carbocycles. The molecule has 3 nitrogen and oxygen atoms in total. The SMILES string of the molecule is CCNCc1cc(CN(C)C2CCCCC2C)c(C)o1. The molecule has 0 bridgehead atoms. The number of hydrogen-bond donors (Lipinski definition) is 1. The zero-order valence-electron chi connectivity index (χ0n) is 13.5. The molecule has 1 aliphatic rings. The average molecular weight is 278 g/mol. The maximum atomic E-state index is 5.84. The second-order valence-electron chi connectivity index (χ2n) is 6.32. The Hall–Kier alpha value is -0.800. The van der Waals surface area contributed by atoms with Crippen LogP contribution in [0.25, 0.3) is 0 Å². The molecule has 0 amide bonds. The van der Waals surface area contributed by atoms with Gasteiger partial charge in [0.25, 0.3) is 0 Å². The van der Waals surface area contributed by atoms with E-state index in [1.54, 1.807) is 0 Å². The van der Waals surface area contributed by atoms with E-state index in [1.807, 2.05) is 0 Å². The lowest BCUT2D eigenvalue weighted by atomic mass is 9.85. The highest BCUT2D eigenvalue weighted by atomic mass is 16.3. The molecule has 1 aliphatic carbocycles. The minimum Gasteiger partial charge on any atom is -0.465 e. The van der Waals surface area contributed by atoms with Crippen molar-refractivity contribution in [1.29, 1.82) is 0 Å². The zero-order valence-corrected chi connectivity index (χ0v) is 13.5. The van der Waals surface area contributed by atoms with Crippen LogP contribution in [0.1, 0.15) is 56.6 Å². The quantitative estimate of drug-likeness (QED) is 0.860. The van der Waals surface area contributed by atoms with Gasteiger partial charge in [-0.05, 0) is 45.3 Å². The topological polar surface area (TPSA) is 28.4 Å². The summed E-state index contributed by atoms with van der Waals surface area (Å²) < 4.78 is 5.84. The Morgan fingerprint density at radius 1 is 1.35 bits per heavy atom. The number of furan rings is 1. The molecule has 114 valence electrons. The van der Waals surface area contributed by atoms with Gasteiger partial charge in [0.1, 0.15) is 11.5 Å². The largest absolute Gasteiger partial charge is 0.465 e. The van der Waals surface area contributed by atoms with Crippen molar-refractivity contribution in [2.24, 2.45) is 5.92 Å². The Morgan fingerprint density at radius 2 is 2.10 bits per heavy atom. The monoisotopic (exact) mass is 278 g/mol. The molecule has 3 heteroatoms. The average Bonchev–Trinajstić information content (AvgIpc) is 2.77. The van der Waals surface area contributed by atoms with Crippen molar-refractivity contribution in [3.63, 3.8) is 0 Å². The van der Waals surface area contributed by atoms with Crippen LogP contribution < -0.4 is 5.32 Å². The number of aryl methyl sites for hydroxylation is 1. The van der Waals surface area contributed by atoms with E-state index >= 15 is 0 Å². The summed E-state index contributed by atoms with van der Waals surface area (Å²) in [5.74, 6) is 2.96. The molecule has 1 heterocycles. The van der Waals surface area contributed by atoms with Crippen LogP contribution in [0.15, 0.2) is 10.5 Å². The highest BCUT2D eigenvalue weighted by Crippen LogP contribution is 2.29. The van der Waals surface area contributed by atoms with E-state index in [4.69, 9.17) is 4.42 Å². The van der Waals surface area contributed by atoms with E-state index in [0.717, 1.165) is 43.1 Å². The maximum Gasteiger partial charge on any atom is 0.118 e. The van der Waals surface area contributed by atoms with Gasteiger partial charge in [0.15, 0.2) is 0 Å². The molecular formula is C17H30N2O. The fourth-order valence-electron chi connectivity index (χ4n) is 3.42. The highest BCUT2D eigenvalue weighted by Gasteiger charge is 2.25. The maximum absolute atomic E-state index is 5.84. The molecule has 0 aromatic carbocycles. The summed E-state index contributed by atoms with van der Waals surface area (Å²) in [6.45, 7) is 9.43. The number of nitrogens with one attached hydrogen (secondary N) is 1. The van der Waals surface area contributed by atoms with E-state index in [-0.39, 0.29) is 0 Å². The fourth-order valence-corrected chi connectivity index (χ4v) is 3.42. The van der Waals surface area contributed by atoms with Crippen molar-refractivity contribution in [2.45, 2.75) is 65.6 Å². The third-order valence-electron chi connectivity index (χ3n) is 4.67. The van der Waals surface area contributed by atoms with Crippen molar-refractivity contribution in [1.82, 2.24) is 10.2 Å². The standard InChI is InChI=1S/C17H30N2O/c1-5-18-11-16-10-15(14(3)20-16)12-19(4)17-9-7-6-8-13(17)2/h10,13,17-18H,5-9,11-12H2,1-4H3. The normalized spacial score (nSPS) is 23.4. The number of rotatable bonds is 6. The van der Waals surface area contributed by atoms with Crippen molar-refractivity contribution >= 4 is 0 Å². The van der Waals surface area contributed by atoms with Crippen LogP contribution in [0, 0.1) is 12.8 Å². The molecule has 0 radical (unpaired) electrons. The van der Waals surface area contributed by atoms with Crippen LogP contribution in [0.4, 0.5) is 0 Å². The second-order valence-corrected chi connectivity index (χ2v) is 6.32. The van der Waals surface area contributed by atoms with Crippen LogP contribution in [0.3, 0.4) is 0 Å². The van der Waals surface area contributed by atoms with E-state index in [9.17, 15) is 0 Å². The van der Waals surface area contributed by atoms with Crippen molar-refractivity contribution in [3.05, 3.63) is 23.2 Å². The second kappa shape index (κ2) is 7.28. The Labute approximate surface area is 123 Å². The van der Waals surface area contributed by atoms with Gasteiger partial charge in [0.05, 0.1) is 6.54 Å². The minimum atomic E-state index is 0.732. The lowest BCUT2D eigenvalue weighted by Gasteiger charge is -2.36. The van der Waals surface area contributed by atoms with Gasteiger partial charge in [-0.3, -0.25) is 4.90 Å². The van der Waals surface area contributed by atoms with Gasteiger partial charge in [-0.2, -0.15) is 0 Å². The summed E-state index contributed by atoms with van der Waals surface area (Å²) in [6.07, 6.45) is 5.52. The molecule has 1 aromatic rings. The Bertz CT molecular complexity index is 413. The van der Waals surface area contributed by atoms with Crippen molar-refractivity contribution in [3.8, 4) is 0 Å². The first kappa shape index (κ1) is 15.6. The number of hydrogen-bond acceptors (Lipinski definition) is 3. The lowest BCUT2D eigenvalue weighted by molar-refractivity contribution is 0.133. The van der Waals surface area contributed by atoms with Crippen LogP contribution in [0.5, 0.6) is 0 Å². The first-order chi connectivity index (χ1) is 9.61. The molecule has 1 aromatic heterocycles. The zero-order chi connectivity index (χ0) is 14.5. The molecule has 0 spiro atoms. The Morgan fingerprint density at radius 3 is 2.80 bits per heavy atom. The predicted octanol–water partition coefficient (Wildman–Crippen LogP) is 3.71. The Kier molecular flexibility index (Phi) is 5.67. The summed E-state index contributed by atoms with van der Waals surface area (Å²) >= 11 is 0. The van der Waals surface area contributed by atoms with Crippen LogP contribution in [-0.2, 0) is 13.1 Å². The van der Waals surface area contributed by atoms with Crippen LogP contribution in [-0.4, -0.2) is 24.5 Å². The molecular weight excluding hydrogens is 248 g/mol. The Balaban J connectivity index is 1.96. The van der Waals surface area contributed by atoms with Gasteiger partial charge >= 0.3 is 0 Å². The van der Waals surface area contributed by atoms with Gasteiger partial charge in [0, 0.05) is 18.2 Å². The molecule has 1 N–H and O–H groups in total. The summed E-state index contributed by atoms with van der Waals surface area (Å²) in [5.41, 5.74) is 1.35. The minimum absolute atomic E-state index is 0.732. The third-order valence-corrected chi connectivity index (χ3v) is 4.67. The van der Waals surface area contributed by atoms with Gasteiger partial charge in [-0.15, -0.1) is 0 Å². The number of nitrogens with zero attached hydrogens (tertiary/aromatic N) is 1. The van der Waals surface area contributed by atoms with Gasteiger partial charge in [-0.1, -0.05) is 26.7 Å². The predicted molar refractivity (Wildman–Crippen MR) is 83.7 cm³/mol. The van der Waals surface area contributed by atoms with Crippen LogP contribution >= 0.6 is 0 Å². The molecule has 0 aliphatic heterocycles. The van der Waals surface area contributed by atoms with Gasteiger partial charge in [0.2, 0.25) is 0 Å². The molecule has 0 saturated heterocycles. The van der Waals surface area contributed by atoms with Crippen molar-refractivity contribution < 1.29 is 4.42 Å². The van der Waals surface area contributed by atoms with E-state index in [2.05, 4.69) is 44.1 Å². The van der Waals surface area contributed by atoms with Gasteiger partial charge in [-0.25, -0.2) is 0 Å². The van der Waals surface area contributed by atoms with Crippen LogP contribution in [0.2, 0.25) is 0 Å². The van der Waals surface area contributed by atoms with E-state index in [0.29, 0.717) is 0 Å². The third kappa shape index (κ3) is 3.86. The molecule has 20 heavy (non-hydrogen) atoms. The summed E-state index contributed by atoms with van der Waals surface area (Å²) in [7, 11) is 2.27. The first-order valence-electron chi connectivity index (χ1n) is 8.11. The van der Waals surface area contributed by atoms with E-state index in [1.165, 1.54) is 31.2 Å². The summed E-state index contributed by atoms with van der Waals surface area (Å²) in [4.78, 5) is 2.53. The van der Waals surface area contributed by atoms with Crippen molar-refractivity contribution in [2.75, 3.05) is 13.6 Å². The molecule has 2 unspecified atom stereocenters. The first-order valence-corrected chi connectivity index (χ1v) is 8.11. The fraction of sp³-hybridized carbons (Fsp3) is 0.765. The molecule has 2 rings (SSSR count). The van der Waals surface area contributed by atoms with E-state index < -0.39 is 0 Å². The lowest BCUT2D eigenvalue weighted by Crippen LogP contribution is -2.38. The highest BCUT2D eigenvalue weighted by molar-refractivity contribution is 5.20. The smallest absolute Gasteiger partial charge is 0.118 e. The summed E-state index contributed by atoms with van der Waals surface area (Å²) in [5, 5.41) is 3.32.